The molecular weight excluding hydrogens is 327 g/mol. The zero-order valence-electron chi connectivity index (χ0n) is 9.43. The number of hydrogen-bond acceptors (Lipinski definition) is 4. The van der Waals surface area contributed by atoms with Gasteiger partial charge in [0, 0.05) is 17.4 Å². The van der Waals surface area contributed by atoms with Gasteiger partial charge in [-0.25, -0.2) is 0 Å². The number of rotatable bonds is 2. The highest BCUT2D eigenvalue weighted by Crippen LogP contribution is 2.28. The van der Waals surface area contributed by atoms with Crippen LogP contribution >= 0.6 is 15.9 Å². The van der Waals surface area contributed by atoms with E-state index in [1.807, 2.05) is 0 Å². The van der Waals surface area contributed by atoms with E-state index >= 15 is 0 Å². The summed E-state index contributed by atoms with van der Waals surface area (Å²) in [7, 11) is -4.69. The summed E-state index contributed by atoms with van der Waals surface area (Å²) < 4.78 is 35.2. The molecule has 2 heterocycles. The van der Waals surface area contributed by atoms with Crippen LogP contribution in [-0.2, 0) is 15.0 Å². The SMILES string of the molecule is Cc1ncc(N2CC(S(=O)(=O)F)CC2=O)cc1Br. The van der Waals surface area contributed by atoms with Gasteiger partial charge in [-0.05, 0) is 28.9 Å². The fraction of sp³-hybridized carbons (Fsp3) is 0.400. The molecular formula is C10H10BrFN2O3S. The quantitative estimate of drug-likeness (QED) is 0.768. The zero-order valence-corrected chi connectivity index (χ0v) is 11.8. The third kappa shape index (κ3) is 2.54. The van der Waals surface area contributed by atoms with Gasteiger partial charge in [0.2, 0.25) is 5.91 Å². The fourth-order valence-corrected chi connectivity index (χ4v) is 2.76. The first-order chi connectivity index (χ1) is 8.29. The molecule has 0 N–H and O–H groups in total. The summed E-state index contributed by atoms with van der Waals surface area (Å²) in [6, 6.07) is 1.66. The van der Waals surface area contributed by atoms with E-state index in [0.717, 1.165) is 5.69 Å². The maximum atomic E-state index is 12.9. The van der Waals surface area contributed by atoms with Crippen LogP contribution in [0.25, 0.3) is 0 Å². The van der Waals surface area contributed by atoms with Crippen LogP contribution in [0, 0.1) is 6.92 Å². The molecule has 0 saturated carbocycles. The van der Waals surface area contributed by atoms with E-state index in [4.69, 9.17) is 0 Å². The molecule has 1 unspecified atom stereocenters. The Kier molecular flexibility index (Phi) is 3.41. The molecule has 0 aromatic carbocycles. The van der Waals surface area contributed by atoms with Crippen molar-refractivity contribution in [1.82, 2.24) is 4.98 Å². The van der Waals surface area contributed by atoms with Crippen molar-refractivity contribution in [3.05, 3.63) is 22.4 Å². The monoisotopic (exact) mass is 336 g/mol. The van der Waals surface area contributed by atoms with Crippen molar-refractivity contribution in [2.24, 2.45) is 0 Å². The van der Waals surface area contributed by atoms with Crippen LogP contribution in [0.5, 0.6) is 0 Å². The van der Waals surface area contributed by atoms with Gasteiger partial charge in [0.1, 0.15) is 5.25 Å². The highest BCUT2D eigenvalue weighted by Gasteiger charge is 2.39. The first-order valence-electron chi connectivity index (χ1n) is 5.15. The molecule has 1 aromatic rings. The molecule has 1 atom stereocenters. The predicted molar refractivity (Wildman–Crippen MR) is 67.5 cm³/mol. The summed E-state index contributed by atoms with van der Waals surface area (Å²) in [6.45, 7) is 1.61. The van der Waals surface area contributed by atoms with Crippen molar-refractivity contribution in [3.8, 4) is 0 Å². The van der Waals surface area contributed by atoms with Crippen LogP contribution < -0.4 is 4.90 Å². The van der Waals surface area contributed by atoms with Gasteiger partial charge >= 0.3 is 10.2 Å². The lowest BCUT2D eigenvalue weighted by Crippen LogP contribution is -2.27. The number of amides is 1. The molecule has 1 aromatic heterocycles. The van der Waals surface area contributed by atoms with Gasteiger partial charge in [0.25, 0.3) is 0 Å². The number of pyridine rings is 1. The van der Waals surface area contributed by atoms with E-state index in [1.165, 1.54) is 11.1 Å². The minimum Gasteiger partial charge on any atom is -0.309 e. The lowest BCUT2D eigenvalue weighted by atomic mass is 10.3. The van der Waals surface area contributed by atoms with Crippen LogP contribution in [0.1, 0.15) is 12.1 Å². The molecule has 1 amide bonds. The Hall–Kier alpha value is -1.02. The van der Waals surface area contributed by atoms with Gasteiger partial charge in [-0.2, -0.15) is 8.42 Å². The largest absolute Gasteiger partial charge is 0.309 e. The molecule has 98 valence electrons. The van der Waals surface area contributed by atoms with E-state index in [1.54, 1.807) is 13.0 Å². The number of anilines is 1. The minimum atomic E-state index is -4.69. The molecule has 1 saturated heterocycles. The Balaban J connectivity index is 2.30. The number of carbonyl (C=O) groups is 1. The fourth-order valence-electron chi connectivity index (χ4n) is 1.76. The van der Waals surface area contributed by atoms with Crippen molar-refractivity contribution < 1.29 is 17.1 Å². The highest BCUT2D eigenvalue weighted by atomic mass is 79.9. The summed E-state index contributed by atoms with van der Waals surface area (Å²) >= 11 is 3.27. The number of carbonyl (C=O) groups excluding carboxylic acids is 1. The predicted octanol–water partition coefficient (Wildman–Crippen LogP) is 1.56. The zero-order chi connectivity index (χ0) is 13.5. The van der Waals surface area contributed by atoms with Crippen molar-refractivity contribution >= 4 is 37.7 Å². The first-order valence-corrected chi connectivity index (χ1v) is 7.39. The van der Waals surface area contributed by atoms with Gasteiger partial charge in [-0.15, -0.1) is 3.89 Å². The maximum absolute atomic E-state index is 12.9. The van der Waals surface area contributed by atoms with Crippen molar-refractivity contribution in [2.75, 3.05) is 11.4 Å². The van der Waals surface area contributed by atoms with Crippen LogP contribution in [0.2, 0.25) is 0 Å². The summed E-state index contributed by atoms with van der Waals surface area (Å²) in [5, 5.41) is -1.29. The summed E-state index contributed by atoms with van der Waals surface area (Å²) in [5.74, 6) is -0.418. The number of halogens is 2. The van der Waals surface area contributed by atoms with Crippen LogP contribution in [0.4, 0.5) is 9.57 Å². The average molecular weight is 337 g/mol. The van der Waals surface area contributed by atoms with E-state index in [-0.39, 0.29) is 13.0 Å². The normalized spacial score (nSPS) is 20.5. The third-order valence-electron chi connectivity index (χ3n) is 2.81. The van der Waals surface area contributed by atoms with Gasteiger partial charge in [-0.1, -0.05) is 0 Å². The summed E-state index contributed by atoms with van der Waals surface area (Å²) in [4.78, 5) is 17.0. The molecule has 0 radical (unpaired) electrons. The second-order valence-electron chi connectivity index (χ2n) is 4.07. The van der Waals surface area contributed by atoms with E-state index < -0.39 is 21.4 Å². The topological polar surface area (TPSA) is 67.3 Å². The summed E-state index contributed by atoms with van der Waals surface area (Å²) in [6.07, 6.45) is 1.13. The highest BCUT2D eigenvalue weighted by molar-refractivity contribution is 9.10. The minimum absolute atomic E-state index is 0.172. The Morgan fingerprint density at radius 2 is 2.22 bits per heavy atom. The Labute approximate surface area is 112 Å². The molecule has 18 heavy (non-hydrogen) atoms. The number of aromatic nitrogens is 1. The molecule has 5 nitrogen and oxygen atoms in total. The maximum Gasteiger partial charge on any atom is 0.307 e. The van der Waals surface area contributed by atoms with Crippen molar-refractivity contribution in [3.63, 3.8) is 0 Å². The number of nitrogens with zero attached hydrogens (tertiary/aromatic N) is 2. The third-order valence-corrected chi connectivity index (χ3v) is 4.72. The molecule has 1 aliphatic heterocycles. The Morgan fingerprint density at radius 1 is 1.56 bits per heavy atom. The first kappa shape index (κ1) is 13.4. The molecule has 2 rings (SSSR count). The smallest absolute Gasteiger partial charge is 0.307 e. The van der Waals surface area contributed by atoms with Crippen molar-refractivity contribution in [2.45, 2.75) is 18.6 Å². The number of aryl methyl sites for hydroxylation is 1. The molecule has 1 aliphatic rings. The van der Waals surface area contributed by atoms with E-state index in [9.17, 15) is 17.1 Å². The second-order valence-corrected chi connectivity index (χ2v) is 6.54. The Bertz CT molecular complexity index is 605. The molecule has 8 heteroatoms. The second kappa shape index (κ2) is 4.58. The van der Waals surface area contributed by atoms with Crippen LogP contribution in [0.3, 0.4) is 0 Å². The van der Waals surface area contributed by atoms with Crippen LogP contribution in [-0.4, -0.2) is 31.1 Å². The molecule has 0 spiro atoms. The van der Waals surface area contributed by atoms with E-state index in [2.05, 4.69) is 20.9 Å². The molecule has 0 bridgehead atoms. The lowest BCUT2D eigenvalue weighted by Gasteiger charge is -2.16. The molecule has 1 fully saturated rings. The lowest BCUT2D eigenvalue weighted by molar-refractivity contribution is -0.117. The van der Waals surface area contributed by atoms with Gasteiger partial charge in [0.15, 0.2) is 0 Å². The van der Waals surface area contributed by atoms with E-state index in [0.29, 0.717) is 10.2 Å². The van der Waals surface area contributed by atoms with Crippen molar-refractivity contribution in [1.29, 1.82) is 0 Å². The Morgan fingerprint density at radius 3 is 2.72 bits per heavy atom. The summed E-state index contributed by atoms with van der Waals surface area (Å²) in [5.41, 5.74) is 1.21. The average Bonchev–Trinajstić information content (AvgIpc) is 2.64. The van der Waals surface area contributed by atoms with Crippen LogP contribution in [0.15, 0.2) is 16.7 Å². The van der Waals surface area contributed by atoms with Gasteiger partial charge < -0.3 is 4.90 Å². The standard InChI is InChI=1S/C10H10BrFN2O3S/c1-6-9(11)2-7(4-13-6)14-5-8(3-10(14)15)18(12,16)17/h2,4,8H,3,5H2,1H3. The van der Waals surface area contributed by atoms with Gasteiger partial charge in [0.05, 0.1) is 17.6 Å². The molecule has 0 aliphatic carbocycles. The van der Waals surface area contributed by atoms with Gasteiger partial charge in [-0.3, -0.25) is 9.78 Å². The number of hydrogen-bond donors (Lipinski definition) is 0.